The number of rotatable bonds is 3. The molecular weight excluding hydrogens is 220 g/mol. The van der Waals surface area contributed by atoms with Crippen LogP contribution in [-0.4, -0.2) is 27.3 Å². The van der Waals surface area contributed by atoms with Gasteiger partial charge in [-0.15, -0.1) is 5.10 Å². The standard InChI is InChI=1S/C11H12N4O2/c12-6-8-3-4-13-15-10(8)14-9-2-1-7(5-9)11(16)17/h3-4,7,9H,1-2,5H2,(H,14,15)(H,16,17)/t7-,9+/m1/s1. The van der Waals surface area contributed by atoms with Crippen molar-refractivity contribution in [2.45, 2.75) is 25.3 Å². The van der Waals surface area contributed by atoms with Crippen LogP contribution in [0.3, 0.4) is 0 Å². The van der Waals surface area contributed by atoms with Gasteiger partial charge in [0.15, 0.2) is 5.82 Å². The van der Waals surface area contributed by atoms with Crippen LogP contribution >= 0.6 is 0 Å². The Morgan fingerprint density at radius 2 is 2.41 bits per heavy atom. The molecule has 2 rings (SSSR count). The molecule has 1 heterocycles. The smallest absolute Gasteiger partial charge is 0.306 e. The minimum absolute atomic E-state index is 0.0555. The molecule has 0 saturated heterocycles. The maximum atomic E-state index is 10.8. The fourth-order valence-electron chi connectivity index (χ4n) is 2.06. The van der Waals surface area contributed by atoms with Gasteiger partial charge >= 0.3 is 5.97 Å². The van der Waals surface area contributed by atoms with E-state index < -0.39 is 5.97 Å². The zero-order chi connectivity index (χ0) is 12.3. The summed E-state index contributed by atoms with van der Waals surface area (Å²) < 4.78 is 0. The molecule has 6 nitrogen and oxygen atoms in total. The lowest BCUT2D eigenvalue weighted by atomic mass is 10.1. The second-order valence-corrected chi connectivity index (χ2v) is 4.09. The Morgan fingerprint density at radius 3 is 3.06 bits per heavy atom. The van der Waals surface area contributed by atoms with Crippen LogP contribution in [0.15, 0.2) is 12.3 Å². The van der Waals surface area contributed by atoms with Crippen LogP contribution in [0.25, 0.3) is 0 Å². The molecule has 0 aliphatic heterocycles. The Balaban J connectivity index is 2.03. The fraction of sp³-hybridized carbons (Fsp3) is 0.455. The van der Waals surface area contributed by atoms with Gasteiger partial charge in [-0.3, -0.25) is 4.79 Å². The van der Waals surface area contributed by atoms with Crippen LogP contribution < -0.4 is 5.32 Å². The Morgan fingerprint density at radius 1 is 1.59 bits per heavy atom. The molecule has 2 N–H and O–H groups in total. The Kier molecular flexibility index (Phi) is 3.19. The lowest BCUT2D eigenvalue weighted by Gasteiger charge is -2.12. The van der Waals surface area contributed by atoms with E-state index in [4.69, 9.17) is 10.4 Å². The number of carbonyl (C=O) groups is 1. The van der Waals surface area contributed by atoms with Gasteiger partial charge < -0.3 is 10.4 Å². The molecule has 0 aromatic carbocycles. The lowest BCUT2D eigenvalue weighted by molar-refractivity contribution is -0.141. The van der Waals surface area contributed by atoms with E-state index in [1.165, 1.54) is 6.20 Å². The minimum atomic E-state index is -0.756. The zero-order valence-corrected chi connectivity index (χ0v) is 9.13. The molecule has 6 heteroatoms. The van der Waals surface area contributed by atoms with E-state index in [0.717, 1.165) is 6.42 Å². The lowest BCUT2D eigenvalue weighted by Crippen LogP contribution is -2.19. The summed E-state index contributed by atoms with van der Waals surface area (Å²) in [6, 6.07) is 3.66. The van der Waals surface area contributed by atoms with Gasteiger partial charge in [-0.25, -0.2) is 0 Å². The second kappa shape index (κ2) is 4.78. The number of nitriles is 1. The largest absolute Gasteiger partial charge is 0.481 e. The highest BCUT2D eigenvalue weighted by atomic mass is 16.4. The fourth-order valence-corrected chi connectivity index (χ4v) is 2.06. The predicted octanol–water partition coefficient (Wildman–Crippen LogP) is 1.01. The van der Waals surface area contributed by atoms with E-state index in [2.05, 4.69) is 15.5 Å². The summed E-state index contributed by atoms with van der Waals surface area (Å²) in [5.41, 5.74) is 0.429. The van der Waals surface area contributed by atoms with Crippen molar-refractivity contribution in [1.82, 2.24) is 10.2 Å². The first-order chi connectivity index (χ1) is 8.20. The van der Waals surface area contributed by atoms with Crippen LogP contribution in [0.2, 0.25) is 0 Å². The maximum absolute atomic E-state index is 10.8. The molecule has 1 saturated carbocycles. The molecule has 2 atom stereocenters. The molecule has 0 unspecified atom stereocenters. The molecule has 0 spiro atoms. The molecule has 1 aliphatic rings. The van der Waals surface area contributed by atoms with Crippen LogP contribution in [0, 0.1) is 17.2 Å². The summed E-state index contributed by atoms with van der Waals surface area (Å²) in [6.45, 7) is 0. The van der Waals surface area contributed by atoms with Gasteiger partial charge in [-0.1, -0.05) is 0 Å². The predicted molar refractivity (Wildman–Crippen MR) is 59.1 cm³/mol. The van der Waals surface area contributed by atoms with E-state index in [9.17, 15) is 4.79 Å². The third-order valence-corrected chi connectivity index (χ3v) is 2.96. The van der Waals surface area contributed by atoms with Crippen molar-refractivity contribution in [3.8, 4) is 6.07 Å². The summed E-state index contributed by atoms with van der Waals surface area (Å²) in [5.74, 6) is -0.616. The average molecular weight is 232 g/mol. The molecule has 1 aromatic heterocycles. The van der Waals surface area contributed by atoms with Crippen molar-refractivity contribution in [1.29, 1.82) is 5.26 Å². The third kappa shape index (κ3) is 2.50. The Labute approximate surface area is 98.3 Å². The first-order valence-electron chi connectivity index (χ1n) is 5.42. The highest BCUT2D eigenvalue weighted by molar-refractivity contribution is 5.70. The van der Waals surface area contributed by atoms with E-state index in [-0.39, 0.29) is 12.0 Å². The van der Waals surface area contributed by atoms with Gasteiger partial charge in [0.05, 0.1) is 17.7 Å². The van der Waals surface area contributed by atoms with Gasteiger partial charge in [-0.2, -0.15) is 10.4 Å². The molecule has 0 radical (unpaired) electrons. The monoisotopic (exact) mass is 232 g/mol. The number of aliphatic carboxylic acids is 1. The summed E-state index contributed by atoms with van der Waals surface area (Å²) in [4.78, 5) is 10.8. The first kappa shape index (κ1) is 11.3. The van der Waals surface area contributed by atoms with Gasteiger partial charge in [0.25, 0.3) is 0 Å². The van der Waals surface area contributed by atoms with Crippen molar-refractivity contribution in [2.24, 2.45) is 5.92 Å². The molecule has 0 amide bonds. The van der Waals surface area contributed by atoms with Crippen LogP contribution in [-0.2, 0) is 4.79 Å². The van der Waals surface area contributed by atoms with E-state index in [1.807, 2.05) is 6.07 Å². The molecule has 1 aromatic rings. The molecule has 17 heavy (non-hydrogen) atoms. The summed E-state index contributed by atoms with van der Waals surface area (Å²) in [6.07, 6.45) is 3.46. The summed E-state index contributed by atoms with van der Waals surface area (Å²) in [5, 5.41) is 28.4. The molecular formula is C11H12N4O2. The second-order valence-electron chi connectivity index (χ2n) is 4.09. The number of anilines is 1. The van der Waals surface area contributed by atoms with Crippen molar-refractivity contribution in [3.05, 3.63) is 17.8 Å². The SMILES string of the molecule is N#Cc1ccnnc1N[C@H]1CC[C@@H](C(=O)O)C1. The van der Waals surface area contributed by atoms with Gasteiger partial charge in [-0.05, 0) is 25.3 Å². The Bertz CT molecular complexity index is 469. The van der Waals surface area contributed by atoms with E-state index in [1.54, 1.807) is 6.07 Å². The van der Waals surface area contributed by atoms with Crippen molar-refractivity contribution in [3.63, 3.8) is 0 Å². The van der Waals surface area contributed by atoms with Crippen molar-refractivity contribution in [2.75, 3.05) is 5.32 Å². The minimum Gasteiger partial charge on any atom is -0.481 e. The number of hydrogen-bond donors (Lipinski definition) is 2. The van der Waals surface area contributed by atoms with Gasteiger partial charge in [0, 0.05) is 6.04 Å². The van der Waals surface area contributed by atoms with Crippen LogP contribution in [0.5, 0.6) is 0 Å². The maximum Gasteiger partial charge on any atom is 0.306 e. The number of carboxylic acids is 1. The highest BCUT2D eigenvalue weighted by Crippen LogP contribution is 2.28. The van der Waals surface area contributed by atoms with Gasteiger partial charge in [0.1, 0.15) is 6.07 Å². The summed E-state index contributed by atoms with van der Waals surface area (Å²) >= 11 is 0. The number of aromatic nitrogens is 2. The Hall–Kier alpha value is -2.16. The normalized spacial score (nSPS) is 23.0. The molecule has 0 bridgehead atoms. The molecule has 1 fully saturated rings. The molecule has 88 valence electrons. The number of hydrogen-bond acceptors (Lipinski definition) is 5. The third-order valence-electron chi connectivity index (χ3n) is 2.96. The highest BCUT2D eigenvalue weighted by Gasteiger charge is 2.30. The zero-order valence-electron chi connectivity index (χ0n) is 9.13. The number of nitrogens with zero attached hydrogens (tertiary/aromatic N) is 3. The van der Waals surface area contributed by atoms with Crippen molar-refractivity contribution >= 4 is 11.8 Å². The number of nitrogens with one attached hydrogen (secondary N) is 1. The van der Waals surface area contributed by atoms with E-state index in [0.29, 0.717) is 24.2 Å². The number of carboxylic acid groups (broad SMARTS) is 1. The topological polar surface area (TPSA) is 98.9 Å². The van der Waals surface area contributed by atoms with Crippen LogP contribution in [0.4, 0.5) is 5.82 Å². The van der Waals surface area contributed by atoms with Crippen LogP contribution in [0.1, 0.15) is 24.8 Å². The van der Waals surface area contributed by atoms with E-state index >= 15 is 0 Å². The first-order valence-corrected chi connectivity index (χ1v) is 5.42. The molecule has 1 aliphatic carbocycles. The van der Waals surface area contributed by atoms with Gasteiger partial charge in [0.2, 0.25) is 0 Å². The van der Waals surface area contributed by atoms with Crippen molar-refractivity contribution < 1.29 is 9.90 Å². The summed E-state index contributed by atoms with van der Waals surface area (Å²) in [7, 11) is 0. The quantitative estimate of drug-likeness (QED) is 0.807. The average Bonchev–Trinajstić information content (AvgIpc) is 2.78.